The second-order valence-electron chi connectivity index (χ2n) is 5.77. The number of nitrogens with one attached hydrogen (secondary N) is 1. The van der Waals surface area contributed by atoms with Gasteiger partial charge in [0, 0.05) is 49.9 Å². The zero-order valence-corrected chi connectivity index (χ0v) is 14.6. The van der Waals surface area contributed by atoms with Crippen molar-refractivity contribution < 1.29 is 4.79 Å². The van der Waals surface area contributed by atoms with Crippen LogP contribution in [0.5, 0.6) is 0 Å². The van der Waals surface area contributed by atoms with Crippen LogP contribution in [0.2, 0.25) is 5.02 Å². The second-order valence-corrected chi connectivity index (χ2v) is 6.18. The predicted molar refractivity (Wildman–Crippen MR) is 92.2 cm³/mol. The van der Waals surface area contributed by atoms with Crippen LogP contribution < -0.4 is 5.32 Å². The molecule has 0 unspecified atom stereocenters. The van der Waals surface area contributed by atoms with Gasteiger partial charge in [-0.3, -0.25) is 9.48 Å². The van der Waals surface area contributed by atoms with Crippen molar-refractivity contribution in [1.82, 2.24) is 20.0 Å². The average Bonchev–Trinajstić information content (AvgIpc) is 2.82. The van der Waals surface area contributed by atoms with Gasteiger partial charge in [0.05, 0.1) is 5.69 Å². The number of aryl methyl sites for hydroxylation is 2. The minimum absolute atomic E-state index is 0.0275. The number of carbonyl (C=O) groups excluding carboxylic acids is 1. The van der Waals surface area contributed by atoms with Crippen molar-refractivity contribution in [2.24, 2.45) is 7.05 Å². The fraction of sp³-hybridized carbons (Fsp3) is 0.412. The summed E-state index contributed by atoms with van der Waals surface area (Å²) in [6.07, 6.45) is 2.48. The highest BCUT2D eigenvalue weighted by atomic mass is 35.5. The van der Waals surface area contributed by atoms with Crippen LogP contribution in [0.4, 0.5) is 0 Å². The summed E-state index contributed by atoms with van der Waals surface area (Å²) in [5.74, 6) is 0.0275. The van der Waals surface area contributed by atoms with Gasteiger partial charge in [0.25, 0.3) is 0 Å². The van der Waals surface area contributed by atoms with E-state index in [1.165, 1.54) is 5.56 Å². The summed E-state index contributed by atoms with van der Waals surface area (Å²) in [7, 11) is 3.92. The molecule has 0 fully saturated rings. The van der Waals surface area contributed by atoms with E-state index < -0.39 is 0 Å². The van der Waals surface area contributed by atoms with Crippen LogP contribution >= 0.6 is 11.6 Å². The third-order valence-electron chi connectivity index (χ3n) is 3.71. The molecule has 124 valence electrons. The van der Waals surface area contributed by atoms with E-state index in [0.717, 1.165) is 17.8 Å². The molecule has 23 heavy (non-hydrogen) atoms. The molecule has 0 saturated carbocycles. The smallest absolute Gasteiger partial charge is 0.221 e. The van der Waals surface area contributed by atoms with Crippen LogP contribution in [0.15, 0.2) is 30.5 Å². The lowest BCUT2D eigenvalue weighted by molar-refractivity contribution is -0.121. The fourth-order valence-corrected chi connectivity index (χ4v) is 2.59. The molecule has 1 amide bonds. The zero-order chi connectivity index (χ0) is 16.8. The first-order valence-corrected chi connectivity index (χ1v) is 8.01. The van der Waals surface area contributed by atoms with Crippen molar-refractivity contribution in [2.45, 2.75) is 26.4 Å². The first-order chi connectivity index (χ1) is 11.0. The Morgan fingerprint density at radius 3 is 2.74 bits per heavy atom. The van der Waals surface area contributed by atoms with E-state index in [-0.39, 0.29) is 5.91 Å². The highest BCUT2D eigenvalue weighted by Gasteiger charge is 2.09. The molecule has 1 heterocycles. The summed E-state index contributed by atoms with van der Waals surface area (Å²) in [5, 5.41) is 7.91. The van der Waals surface area contributed by atoms with E-state index in [2.05, 4.69) is 15.3 Å². The van der Waals surface area contributed by atoms with E-state index in [1.807, 2.05) is 56.2 Å². The van der Waals surface area contributed by atoms with E-state index in [9.17, 15) is 4.79 Å². The zero-order valence-electron chi connectivity index (χ0n) is 13.8. The first-order valence-electron chi connectivity index (χ1n) is 7.63. The molecule has 0 radical (unpaired) electrons. The lowest BCUT2D eigenvalue weighted by Crippen LogP contribution is -2.28. The Morgan fingerprint density at radius 1 is 1.35 bits per heavy atom. The molecule has 0 aliphatic rings. The molecule has 2 aromatic rings. The highest BCUT2D eigenvalue weighted by molar-refractivity contribution is 6.31. The highest BCUT2D eigenvalue weighted by Crippen LogP contribution is 2.14. The molecule has 6 heteroatoms. The van der Waals surface area contributed by atoms with Crippen molar-refractivity contribution in [1.29, 1.82) is 0 Å². The third-order valence-corrected chi connectivity index (χ3v) is 4.08. The first kappa shape index (κ1) is 17.5. The molecular formula is C17H23ClN4O. The number of benzene rings is 1. The molecule has 0 aliphatic carbocycles. The summed E-state index contributed by atoms with van der Waals surface area (Å²) in [6.45, 7) is 3.95. The molecule has 0 bridgehead atoms. The SMILES string of the molecule is Cc1nn(C)cc1CN(C)CCC(=O)NCc1ccccc1Cl. The van der Waals surface area contributed by atoms with Crippen LogP contribution in [0.1, 0.15) is 23.2 Å². The summed E-state index contributed by atoms with van der Waals surface area (Å²) in [5.41, 5.74) is 3.15. The van der Waals surface area contributed by atoms with Gasteiger partial charge in [-0.15, -0.1) is 0 Å². The molecular weight excluding hydrogens is 312 g/mol. The minimum atomic E-state index is 0.0275. The molecule has 1 aromatic carbocycles. The van der Waals surface area contributed by atoms with Crippen molar-refractivity contribution in [2.75, 3.05) is 13.6 Å². The van der Waals surface area contributed by atoms with Gasteiger partial charge in [-0.2, -0.15) is 5.10 Å². The molecule has 0 saturated heterocycles. The van der Waals surface area contributed by atoms with Gasteiger partial charge in [0.1, 0.15) is 0 Å². The normalized spacial score (nSPS) is 11.0. The second kappa shape index (κ2) is 8.13. The van der Waals surface area contributed by atoms with Gasteiger partial charge in [-0.05, 0) is 25.6 Å². The van der Waals surface area contributed by atoms with E-state index >= 15 is 0 Å². The standard InChI is InChI=1S/C17H23ClN4O/c1-13-15(12-22(3)20-13)11-21(2)9-8-17(23)19-10-14-6-4-5-7-16(14)18/h4-7,12H,8-11H2,1-3H3,(H,19,23). The Kier molecular flexibility index (Phi) is 6.19. The largest absolute Gasteiger partial charge is 0.352 e. The number of amides is 1. The Labute approximate surface area is 142 Å². The van der Waals surface area contributed by atoms with Gasteiger partial charge in [-0.25, -0.2) is 0 Å². The fourth-order valence-electron chi connectivity index (χ4n) is 2.39. The van der Waals surface area contributed by atoms with Crippen LogP contribution in [-0.2, 0) is 24.9 Å². The van der Waals surface area contributed by atoms with E-state index in [4.69, 9.17) is 11.6 Å². The summed E-state index contributed by atoms with van der Waals surface area (Å²) < 4.78 is 1.81. The van der Waals surface area contributed by atoms with Crippen LogP contribution in [0.25, 0.3) is 0 Å². The Balaban J connectivity index is 1.73. The van der Waals surface area contributed by atoms with E-state index in [1.54, 1.807) is 0 Å². The maximum atomic E-state index is 12.0. The van der Waals surface area contributed by atoms with Crippen molar-refractivity contribution in [3.8, 4) is 0 Å². The maximum Gasteiger partial charge on any atom is 0.221 e. The molecule has 5 nitrogen and oxygen atoms in total. The summed E-state index contributed by atoms with van der Waals surface area (Å²) in [4.78, 5) is 14.1. The number of halogens is 1. The molecule has 1 N–H and O–H groups in total. The van der Waals surface area contributed by atoms with Gasteiger partial charge < -0.3 is 10.2 Å². The molecule has 0 aliphatic heterocycles. The van der Waals surface area contributed by atoms with Gasteiger partial charge in [0.15, 0.2) is 0 Å². The molecule has 0 spiro atoms. The van der Waals surface area contributed by atoms with Crippen LogP contribution in [0, 0.1) is 6.92 Å². The number of hydrogen-bond acceptors (Lipinski definition) is 3. The predicted octanol–water partition coefficient (Wildman–Crippen LogP) is 2.52. The number of hydrogen-bond donors (Lipinski definition) is 1. The molecule has 2 rings (SSSR count). The monoisotopic (exact) mass is 334 g/mol. The lowest BCUT2D eigenvalue weighted by atomic mass is 10.2. The quantitative estimate of drug-likeness (QED) is 0.846. The molecule has 0 atom stereocenters. The number of nitrogens with zero attached hydrogens (tertiary/aromatic N) is 3. The van der Waals surface area contributed by atoms with Gasteiger partial charge in [0.2, 0.25) is 5.91 Å². The van der Waals surface area contributed by atoms with Crippen molar-refractivity contribution in [3.05, 3.63) is 52.3 Å². The topological polar surface area (TPSA) is 50.2 Å². The van der Waals surface area contributed by atoms with Gasteiger partial charge >= 0.3 is 0 Å². The Hall–Kier alpha value is -1.85. The number of carbonyl (C=O) groups is 1. The van der Waals surface area contributed by atoms with Crippen LogP contribution in [0.3, 0.4) is 0 Å². The number of rotatable bonds is 7. The van der Waals surface area contributed by atoms with Crippen molar-refractivity contribution >= 4 is 17.5 Å². The minimum Gasteiger partial charge on any atom is -0.352 e. The lowest BCUT2D eigenvalue weighted by Gasteiger charge is -2.16. The molecule has 1 aromatic heterocycles. The summed E-state index contributed by atoms with van der Waals surface area (Å²) >= 11 is 6.07. The van der Waals surface area contributed by atoms with Crippen LogP contribution in [-0.4, -0.2) is 34.2 Å². The van der Waals surface area contributed by atoms with E-state index in [0.29, 0.717) is 24.5 Å². The Bertz CT molecular complexity index is 668. The average molecular weight is 335 g/mol. The maximum absolute atomic E-state index is 12.0. The number of aromatic nitrogens is 2. The third kappa shape index (κ3) is 5.37. The summed E-state index contributed by atoms with van der Waals surface area (Å²) in [6, 6.07) is 7.54. The van der Waals surface area contributed by atoms with Gasteiger partial charge in [-0.1, -0.05) is 29.8 Å². The van der Waals surface area contributed by atoms with Crippen molar-refractivity contribution in [3.63, 3.8) is 0 Å². The Morgan fingerprint density at radius 2 is 2.09 bits per heavy atom.